The highest BCUT2D eigenvalue weighted by atomic mass is 35.5. The molecule has 1 saturated heterocycles. The number of piperidine rings is 1. The van der Waals surface area contributed by atoms with Gasteiger partial charge in [0.05, 0.1) is 29.8 Å². The van der Waals surface area contributed by atoms with E-state index in [0.29, 0.717) is 29.5 Å². The third kappa shape index (κ3) is 5.11. The normalized spacial score (nSPS) is 18.4. The zero-order chi connectivity index (χ0) is 16.8. The summed E-state index contributed by atoms with van der Waals surface area (Å²) in [5.41, 5.74) is 6.74. The molecule has 6 nitrogen and oxygen atoms in total. The summed E-state index contributed by atoms with van der Waals surface area (Å²) < 4.78 is 5.06. The number of carbonyl (C=O) groups excluding carboxylic acids is 2. The molecule has 2 rings (SSSR count). The Bertz CT molecular complexity index is 580. The van der Waals surface area contributed by atoms with Gasteiger partial charge in [-0.15, -0.1) is 0 Å². The molecule has 0 aromatic heterocycles. The van der Waals surface area contributed by atoms with Gasteiger partial charge in [-0.25, -0.2) is 0 Å². The third-order valence-corrected chi connectivity index (χ3v) is 4.12. The molecule has 1 amide bonds. The van der Waals surface area contributed by atoms with Crippen LogP contribution < -0.4 is 11.1 Å². The number of nitrogens with one attached hydrogen (secondary N) is 1. The van der Waals surface area contributed by atoms with Crippen molar-refractivity contribution < 1.29 is 14.3 Å². The maximum Gasteiger partial charge on any atom is 0.310 e. The van der Waals surface area contributed by atoms with Crippen LogP contribution in [-0.2, 0) is 14.3 Å². The van der Waals surface area contributed by atoms with Crippen molar-refractivity contribution in [2.45, 2.75) is 19.8 Å². The number of carbonyl (C=O) groups is 2. The van der Waals surface area contributed by atoms with E-state index in [9.17, 15) is 9.59 Å². The molecule has 126 valence electrons. The number of esters is 1. The van der Waals surface area contributed by atoms with Crippen molar-refractivity contribution in [1.82, 2.24) is 4.90 Å². The Morgan fingerprint density at radius 1 is 1.48 bits per heavy atom. The van der Waals surface area contributed by atoms with Gasteiger partial charge in [-0.1, -0.05) is 11.6 Å². The number of ether oxygens (including phenoxy) is 1. The Morgan fingerprint density at radius 2 is 2.26 bits per heavy atom. The minimum absolute atomic E-state index is 0.142. The van der Waals surface area contributed by atoms with Crippen LogP contribution in [0.4, 0.5) is 11.4 Å². The van der Waals surface area contributed by atoms with Crippen LogP contribution in [0.15, 0.2) is 18.2 Å². The molecule has 1 aliphatic rings. The molecule has 3 N–H and O–H groups in total. The number of halogens is 1. The second-order valence-electron chi connectivity index (χ2n) is 5.61. The van der Waals surface area contributed by atoms with E-state index in [0.717, 1.165) is 19.4 Å². The lowest BCUT2D eigenvalue weighted by Gasteiger charge is -2.30. The molecule has 0 aliphatic carbocycles. The van der Waals surface area contributed by atoms with Crippen LogP contribution in [0, 0.1) is 5.92 Å². The van der Waals surface area contributed by atoms with Gasteiger partial charge in [-0.3, -0.25) is 14.5 Å². The monoisotopic (exact) mass is 339 g/mol. The van der Waals surface area contributed by atoms with E-state index in [1.807, 2.05) is 4.90 Å². The van der Waals surface area contributed by atoms with E-state index in [-0.39, 0.29) is 24.3 Å². The van der Waals surface area contributed by atoms with Crippen LogP contribution in [0.5, 0.6) is 0 Å². The maximum atomic E-state index is 12.1. The first-order valence-corrected chi connectivity index (χ1v) is 8.11. The van der Waals surface area contributed by atoms with Crippen LogP contribution >= 0.6 is 11.6 Å². The molecule has 0 spiro atoms. The Kier molecular flexibility index (Phi) is 6.24. The summed E-state index contributed by atoms with van der Waals surface area (Å²) in [6, 6.07) is 4.97. The quantitative estimate of drug-likeness (QED) is 0.634. The zero-order valence-corrected chi connectivity index (χ0v) is 13.9. The molecule has 0 radical (unpaired) electrons. The second-order valence-corrected chi connectivity index (χ2v) is 6.02. The summed E-state index contributed by atoms with van der Waals surface area (Å²) in [5.74, 6) is -0.470. The molecule has 1 fully saturated rings. The first-order chi connectivity index (χ1) is 11.0. The van der Waals surface area contributed by atoms with Gasteiger partial charge < -0.3 is 15.8 Å². The Labute approximate surface area is 140 Å². The first kappa shape index (κ1) is 17.6. The van der Waals surface area contributed by atoms with Crippen LogP contribution in [0.1, 0.15) is 19.8 Å². The van der Waals surface area contributed by atoms with Crippen LogP contribution in [0.2, 0.25) is 5.02 Å². The lowest BCUT2D eigenvalue weighted by molar-refractivity contribution is -0.150. The molecule has 1 aromatic rings. The van der Waals surface area contributed by atoms with Gasteiger partial charge in [0.2, 0.25) is 5.91 Å². The van der Waals surface area contributed by atoms with Crippen LogP contribution in [-0.4, -0.2) is 43.0 Å². The summed E-state index contributed by atoms with van der Waals surface area (Å²) >= 11 is 5.85. The average molecular weight is 340 g/mol. The van der Waals surface area contributed by atoms with Crippen LogP contribution in [0.25, 0.3) is 0 Å². The minimum Gasteiger partial charge on any atom is -0.466 e. The molecule has 1 aromatic carbocycles. The van der Waals surface area contributed by atoms with Gasteiger partial charge in [0, 0.05) is 12.2 Å². The van der Waals surface area contributed by atoms with Gasteiger partial charge in [-0.05, 0) is 44.5 Å². The number of likely N-dealkylation sites (tertiary alicyclic amines) is 1. The zero-order valence-electron chi connectivity index (χ0n) is 13.2. The molecule has 0 saturated carbocycles. The Balaban J connectivity index is 1.86. The summed E-state index contributed by atoms with van der Waals surface area (Å²) in [4.78, 5) is 25.9. The van der Waals surface area contributed by atoms with Gasteiger partial charge in [0.25, 0.3) is 0 Å². The number of nitrogens with zero attached hydrogens (tertiary/aromatic N) is 1. The molecule has 1 unspecified atom stereocenters. The number of benzene rings is 1. The fraction of sp³-hybridized carbons (Fsp3) is 0.500. The standard InChI is InChI=1S/C16H22ClN3O3/c1-2-23-16(22)11-4-3-7-20(9-11)10-15(21)19-12-5-6-13(17)14(18)8-12/h5-6,8,11H,2-4,7,9-10,18H2,1H3,(H,19,21). The topological polar surface area (TPSA) is 84.7 Å². The van der Waals surface area contributed by atoms with Crippen molar-refractivity contribution in [3.63, 3.8) is 0 Å². The van der Waals surface area contributed by atoms with Crippen molar-refractivity contribution in [2.75, 3.05) is 37.3 Å². The molecule has 1 atom stereocenters. The number of amides is 1. The highest BCUT2D eigenvalue weighted by Crippen LogP contribution is 2.22. The van der Waals surface area contributed by atoms with Crippen molar-refractivity contribution >= 4 is 34.9 Å². The minimum atomic E-state index is -0.178. The van der Waals surface area contributed by atoms with Crippen molar-refractivity contribution in [2.24, 2.45) is 5.92 Å². The summed E-state index contributed by atoms with van der Waals surface area (Å²) in [6.07, 6.45) is 1.69. The molecule has 0 bridgehead atoms. The fourth-order valence-electron chi connectivity index (χ4n) is 2.68. The van der Waals surface area contributed by atoms with Crippen LogP contribution in [0.3, 0.4) is 0 Å². The third-order valence-electron chi connectivity index (χ3n) is 3.77. The molecular formula is C16H22ClN3O3. The van der Waals surface area contributed by atoms with Gasteiger partial charge in [0.15, 0.2) is 0 Å². The van der Waals surface area contributed by atoms with Crippen molar-refractivity contribution in [3.8, 4) is 0 Å². The number of hydrogen-bond donors (Lipinski definition) is 2. The van der Waals surface area contributed by atoms with Gasteiger partial charge >= 0.3 is 5.97 Å². The van der Waals surface area contributed by atoms with E-state index < -0.39 is 0 Å². The molecule has 1 heterocycles. The van der Waals surface area contributed by atoms with E-state index in [2.05, 4.69) is 5.32 Å². The molecular weight excluding hydrogens is 318 g/mol. The molecule has 23 heavy (non-hydrogen) atoms. The highest BCUT2D eigenvalue weighted by molar-refractivity contribution is 6.33. The van der Waals surface area contributed by atoms with Crippen molar-refractivity contribution in [1.29, 1.82) is 0 Å². The van der Waals surface area contributed by atoms with Gasteiger partial charge in [-0.2, -0.15) is 0 Å². The molecule has 1 aliphatic heterocycles. The summed E-state index contributed by atoms with van der Waals surface area (Å²) in [6.45, 7) is 3.76. The summed E-state index contributed by atoms with van der Waals surface area (Å²) in [5, 5.41) is 3.25. The maximum absolute atomic E-state index is 12.1. The second kappa shape index (κ2) is 8.17. The fourth-order valence-corrected chi connectivity index (χ4v) is 2.79. The number of nitrogens with two attached hydrogens (primary N) is 1. The Morgan fingerprint density at radius 3 is 2.96 bits per heavy atom. The summed E-state index contributed by atoms with van der Waals surface area (Å²) in [7, 11) is 0. The smallest absolute Gasteiger partial charge is 0.310 e. The van der Waals surface area contributed by atoms with Gasteiger partial charge in [0.1, 0.15) is 0 Å². The lowest BCUT2D eigenvalue weighted by atomic mass is 9.98. The average Bonchev–Trinajstić information content (AvgIpc) is 2.51. The predicted molar refractivity (Wildman–Crippen MR) is 90.3 cm³/mol. The van der Waals surface area contributed by atoms with E-state index in [1.165, 1.54) is 0 Å². The lowest BCUT2D eigenvalue weighted by Crippen LogP contribution is -2.43. The molecule has 7 heteroatoms. The predicted octanol–water partition coefficient (Wildman–Crippen LogP) is 2.14. The first-order valence-electron chi connectivity index (χ1n) is 7.73. The van der Waals surface area contributed by atoms with E-state index >= 15 is 0 Å². The number of nitrogen functional groups attached to an aromatic ring is 1. The largest absolute Gasteiger partial charge is 0.466 e. The Hall–Kier alpha value is -1.79. The number of hydrogen-bond acceptors (Lipinski definition) is 5. The number of rotatable bonds is 5. The highest BCUT2D eigenvalue weighted by Gasteiger charge is 2.27. The van der Waals surface area contributed by atoms with Crippen molar-refractivity contribution in [3.05, 3.63) is 23.2 Å². The van der Waals surface area contributed by atoms with E-state index in [1.54, 1.807) is 25.1 Å². The SMILES string of the molecule is CCOC(=O)C1CCCN(CC(=O)Nc2ccc(Cl)c(N)c2)C1. The van der Waals surface area contributed by atoms with E-state index in [4.69, 9.17) is 22.1 Å². The number of anilines is 2.